The van der Waals surface area contributed by atoms with Gasteiger partial charge in [0.05, 0.1) is 41.5 Å². The molecule has 0 unspecified atom stereocenters. The third-order valence-electron chi connectivity index (χ3n) is 6.58. The van der Waals surface area contributed by atoms with E-state index in [1.807, 2.05) is 49.5 Å². The van der Waals surface area contributed by atoms with Crippen molar-refractivity contribution >= 4 is 55.1 Å². The van der Waals surface area contributed by atoms with E-state index in [4.69, 9.17) is 4.74 Å². The van der Waals surface area contributed by atoms with Crippen molar-refractivity contribution < 1.29 is 14.3 Å². The topological polar surface area (TPSA) is 80.0 Å². The molecular weight excluding hydrogens is 404 g/mol. The highest BCUT2D eigenvalue weighted by Gasteiger charge is 2.43. The van der Waals surface area contributed by atoms with E-state index in [0.717, 1.165) is 48.4 Å². The predicted molar refractivity (Wildman–Crippen MR) is 123 cm³/mol. The number of carbonyl (C=O) groups excluding carboxylic acids is 1. The molecule has 0 saturated heterocycles. The third kappa shape index (κ3) is 2.11. The summed E-state index contributed by atoms with van der Waals surface area (Å²) in [6.45, 7) is 0.251. The molecule has 0 aliphatic carbocycles. The number of methoxy groups -OCH3 is 1. The molecule has 1 aliphatic rings. The van der Waals surface area contributed by atoms with Crippen LogP contribution in [0.2, 0.25) is 0 Å². The van der Waals surface area contributed by atoms with E-state index in [0.29, 0.717) is 30.0 Å². The van der Waals surface area contributed by atoms with Gasteiger partial charge in [0.2, 0.25) is 5.78 Å². The van der Waals surface area contributed by atoms with Crippen molar-refractivity contribution in [3.05, 3.63) is 52.9 Å². The third-order valence-corrected chi connectivity index (χ3v) is 6.58. The molecule has 0 spiro atoms. The number of aryl methyl sites for hydroxylation is 2. The number of nitroso groups, excluding NO2 is 1. The summed E-state index contributed by atoms with van der Waals surface area (Å²) >= 11 is 0. The summed E-state index contributed by atoms with van der Waals surface area (Å²) in [4.78, 5) is 26.2. The first-order valence-electron chi connectivity index (χ1n) is 10.4. The molecular formula is C25H19N4O3+. The number of fused-ring (bicyclic) bond motifs is 10. The van der Waals surface area contributed by atoms with Crippen LogP contribution in [-0.4, -0.2) is 33.3 Å². The quantitative estimate of drug-likeness (QED) is 0.384. The maximum atomic E-state index is 13.1. The average molecular weight is 423 g/mol. The Morgan fingerprint density at radius 1 is 1.06 bits per heavy atom. The van der Waals surface area contributed by atoms with E-state index >= 15 is 0 Å². The molecule has 0 saturated carbocycles. The normalized spacial score (nSPS) is 13.5. The lowest BCUT2D eigenvalue weighted by Gasteiger charge is -2.10. The predicted octanol–water partition coefficient (Wildman–Crippen LogP) is 4.97. The minimum atomic E-state index is -0.193. The van der Waals surface area contributed by atoms with Gasteiger partial charge in [-0.05, 0) is 12.1 Å². The van der Waals surface area contributed by atoms with Crippen molar-refractivity contribution in [1.82, 2.24) is 9.13 Å². The summed E-state index contributed by atoms with van der Waals surface area (Å²) in [5.41, 5.74) is 4.46. The second-order valence-electron chi connectivity index (χ2n) is 8.12. The lowest BCUT2D eigenvalue weighted by molar-refractivity contribution is -0.440. The van der Waals surface area contributed by atoms with Crippen LogP contribution < -0.4 is 4.74 Å². The highest BCUT2D eigenvalue weighted by atomic mass is 16.5. The first kappa shape index (κ1) is 18.6. The number of para-hydroxylation sites is 2. The Labute approximate surface area is 182 Å². The first-order chi connectivity index (χ1) is 15.6. The summed E-state index contributed by atoms with van der Waals surface area (Å²) < 4.78 is 10.7. The Balaban J connectivity index is 2.02. The Morgan fingerprint density at radius 2 is 1.84 bits per heavy atom. The van der Waals surface area contributed by atoms with Crippen molar-refractivity contribution in [3.63, 3.8) is 0 Å². The van der Waals surface area contributed by atoms with Crippen molar-refractivity contribution in [2.24, 2.45) is 7.05 Å². The summed E-state index contributed by atoms with van der Waals surface area (Å²) in [5, 5.41) is 12.7. The zero-order valence-corrected chi connectivity index (χ0v) is 17.7. The van der Waals surface area contributed by atoms with Gasteiger partial charge >= 0.3 is 0 Å². The summed E-state index contributed by atoms with van der Waals surface area (Å²) in [5.74, 6) is 0.498. The summed E-state index contributed by atoms with van der Waals surface area (Å²) in [6, 6.07) is 15.9. The van der Waals surface area contributed by atoms with E-state index in [1.165, 1.54) is 0 Å². The molecule has 0 radical (unpaired) electrons. The van der Waals surface area contributed by atoms with E-state index in [9.17, 15) is 15.0 Å². The number of carbonyl (C=O) groups is 1. The average Bonchev–Trinajstić information content (AvgIpc) is 3.40. The number of hydrogen-bond acceptors (Lipinski definition) is 4. The monoisotopic (exact) mass is 423 g/mol. The van der Waals surface area contributed by atoms with Gasteiger partial charge in [-0.2, -0.15) is 5.26 Å². The fraction of sp³-hybridized carbons (Fsp3) is 0.200. The van der Waals surface area contributed by atoms with Crippen LogP contribution in [0.15, 0.2) is 42.5 Å². The van der Waals surface area contributed by atoms with Crippen LogP contribution in [0.3, 0.4) is 0 Å². The summed E-state index contributed by atoms with van der Waals surface area (Å²) in [7, 11) is 3.59. The van der Waals surface area contributed by atoms with Gasteiger partial charge in [0.25, 0.3) is 12.2 Å². The van der Waals surface area contributed by atoms with Crippen LogP contribution >= 0.6 is 0 Å². The number of benzene rings is 3. The Kier molecular flexibility index (Phi) is 3.72. The van der Waals surface area contributed by atoms with Gasteiger partial charge in [0.15, 0.2) is 0 Å². The standard InChI is InChI=1S/C25H19N4O3/c1-27-16-9-4-3-7-14(16)19-21-17(30)13-29(31)23(21)20-15-8-5-10-18(32-2)22(15)28(12-6-11-26)25(20)24(19)27/h3-5,7-10H,6,12-13H2,1-2H3/q+1. The van der Waals surface area contributed by atoms with Crippen LogP contribution in [0.4, 0.5) is 5.69 Å². The van der Waals surface area contributed by atoms with Crippen molar-refractivity contribution in [2.45, 2.75) is 13.0 Å². The number of ketones is 1. The van der Waals surface area contributed by atoms with Crippen molar-refractivity contribution in [2.75, 3.05) is 13.7 Å². The van der Waals surface area contributed by atoms with Gasteiger partial charge in [-0.3, -0.25) is 4.79 Å². The van der Waals surface area contributed by atoms with E-state index < -0.39 is 0 Å². The number of ether oxygens (including phenoxy) is 1. The Hall–Kier alpha value is -4.18. The second kappa shape index (κ2) is 6.41. The number of nitriles is 1. The second-order valence-corrected chi connectivity index (χ2v) is 8.12. The minimum Gasteiger partial charge on any atom is -0.495 e. The van der Waals surface area contributed by atoms with Gasteiger partial charge in [0, 0.05) is 44.9 Å². The highest BCUT2D eigenvalue weighted by molar-refractivity contribution is 6.33. The maximum Gasteiger partial charge on any atom is 0.278 e. The molecule has 0 atom stereocenters. The number of nitrogens with zero attached hydrogens (tertiary/aromatic N) is 4. The SMILES string of the molecule is COc1cccc2c3c4c(c5c6ccccc6n(C)c5c3n(CCC#N)c12)C(=O)C[N+]4=O. The van der Waals surface area contributed by atoms with Gasteiger partial charge < -0.3 is 13.9 Å². The Morgan fingerprint density at radius 3 is 2.62 bits per heavy atom. The molecule has 0 fully saturated rings. The van der Waals surface area contributed by atoms with Gasteiger partial charge in [-0.1, -0.05) is 30.3 Å². The number of hydrogen-bond donors (Lipinski definition) is 0. The Bertz CT molecular complexity index is 1700. The fourth-order valence-corrected chi connectivity index (χ4v) is 5.39. The van der Waals surface area contributed by atoms with Crippen molar-refractivity contribution in [1.29, 1.82) is 5.26 Å². The molecule has 3 heterocycles. The van der Waals surface area contributed by atoms with Gasteiger partial charge in [-0.25, -0.2) is 0 Å². The fourth-order valence-electron chi connectivity index (χ4n) is 5.39. The van der Waals surface area contributed by atoms with E-state index in [2.05, 4.69) is 15.2 Å². The molecule has 1 aliphatic heterocycles. The van der Waals surface area contributed by atoms with Crippen LogP contribution in [-0.2, 0) is 13.6 Å². The molecule has 5 aromatic rings. The molecule has 7 nitrogen and oxygen atoms in total. The van der Waals surface area contributed by atoms with Crippen LogP contribution in [0, 0.1) is 16.2 Å². The smallest absolute Gasteiger partial charge is 0.278 e. The van der Waals surface area contributed by atoms with Gasteiger partial charge in [-0.15, -0.1) is 0 Å². The number of aromatic nitrogens is 2. The minimum absolute atomic E-state index is 0.168. The van der Waals surface area contributed by atoms with Crippen LogP contribution in [0.5, 0.6) is 5.75 Å². The molecule has 0 N–H and O–H groups in total. The largest absolute Gasteiger partial charge is 0.495 e. The van der Waals surface area contributed by atoms with E-state index in [1.54, 1.807) is 7.11 Å². The maximum absolute atomic E-state index is 13.1. The molecule has 32 heavy (non-hydrogen) atoms. The molecule has 2 aromatic heterocycles. The number of Topliss-reactive ketones (excluding diaryl/α,β-unsaturated/α-hetero) is 1. The molecule has 3 aromatic carbocycles. The zero-order chi connectivity index (χ0) is 22.1. The highest BCUT2D eigenvalue weighted by Crippen LogP contribution is 2.49. The first-order valence-corrected chi connectivity index (χ1v) is 10.4. The summed E-state index contributed by atoms with van der Waals surface area (Å²) in [6.07, 6.45) is 0.305. The molecule has 7 heteroatoms. The lowest BCUT2D eigenvalue weighted by atomic mass is 9.99. The molecule has 6 rings (SSSR count). The van der Waals surface area contributed by atoms with Gasteiger partial charge in [0.1, 0.15) is 11.3 Å². The molecule has 0 amide bonds. The van der Waals surface area contributed by atoms with Crippen LogP contribution in [0.25, 0.3) is 43.6 Å². The molecule has 0 bridgehead atoms. The zero-order valence-electron chi connectivity index (χ0n) is 17.7. The lowest BCUT2D eigenvalue weighted by Crippen LogP contribution is -2.02. The van der Waals surface area contributed by atoms with E-state index in [-0.39, 0.29) is 12.3 Å². The molecule has 156 valence electrons. The number of rotatable bonds is 3. The van der Waals surface area contributed by atoms with Crippen LogP contribution in [0.1, 0.15) is 16.8 Å². The van der Waals surface area contributed by atoms with Crippen molar-refractivity contribution in [3.8, 4) is 11.8 Å².